The third kappa shape index (κ3) is 2.17. The van der Waals surface area contributed by atoms with Crippen LogP contribution in [0.2, 0.25) is 0 Å². The van der Waals surface area contributed by atoms with Crippen molar-refractivity contribution < 1.29 is 0 Å². The van der Waals surface area contributed by atoms with Crippen molar-refractivity contribution in [3.05, 3.63) is 39.8 Å². The molecule has 2 aromatic rings. The molecule has 1 aromatic carbocycles. The summed E-state index contributed by atoms with van der Waals surface area (Å²) in [5.41, 5.74) is 6.97. The van der Waals surface area contributed by atoms with Crippen LogP contribution in [0.1, 0.15) is 17.7 Å². The lowest BCUT2D eigenvalue weighted by Gasteiger charge is -2.04. The van der Waals surface area contributed by atoms with E-state index in [0.29, 0.717) is 23.9 Å². The van der Waals surface area contributed by atoms with Gasteiger partial charge in [-0.25, -0.2) is 5.10 Å². The number of nitrogens with two attached hydrogens (primary N) is 1. The second-order valence-corrected chi connectivity index (χ2v) is 3.74. The standard InChI is InChI=1S/C12H12N4O/c13-5-1-2-8-3-4-9-10(6-8)12(17)16-15-11(9)7-14/h3-4,6H,1-2,7,14H2,(H,16,17). The highest BCUT2D eigenvalue weighted by Gasteiger charge is 2.05. The number of H-pyrrole nitrogens is 1. The Morgan fingerprint density at radius 1 is 1.41 bits per heavy atom. The Bertz CT molecular complexity index is 639. The summed E-state index contributed by atoms with van der Waals surface area (Å²) in [6.45, 7) is 0.283. The van der Waals surface area contributed by atoms with Gasteiger partial charge in [0.25, 0.3) is 5.56 Å². The van der Waals surface area contributed by atoms with E-state index in [0.717, 1.165) is 10.9 Å². The van der Waals surface area contributed by atoms with Crippen molar-refractivity contribution in [1.82, 2.24) is 10.2 Å². The van der Waals surface area contributed by atoms with Crippen molar-refractivity contribution in [2.24, 2.45) is 5.73 Å². The van der Waals surface area contributed by atoms with Crippen LogP contribution < -0.4 is 11.3 Å². The number of aromatic amines is 1. The Labute approximate surface area is 97.9 Å². The van der Waals surface area contributed by atoms with E-state index in [2.05, 4.69) is 16.3 Å². The molecule has 5 heteroatoms. The number of rotatable bonds is 3. The Morgan fingerprint density at radius 2 is 2.24 bits per heavy atom. The van der Waals surface area contributed by atoms with Gasteiger partial charge in [0.15, 0.2) is 0 Å². The number of aromatic nitrogens is 2. The molecule has 0 saturated heterocycles. The number of nitrogens with zero attached hydrogens (tertiary/aromatic N) is 2. The lowest BCUT2D eigenvalue weighted by atomic mass is 10.0. The van der Waals surface area contributed by atoms with E-state index < -0.39 is 0 Å². The predicted octanol–water partition coefficient (Wildman–Crippen LogP) is 0.838. The van der Waals surface area contributed by atoms with Gasteiger partial charge in [-0.15, -0.1) is 0 Å². The van der Waals surface area contributed by atoms with Gasteiger partial charge in [-0.1, -0.05) is 12.1 Å². The summed E-state index contributed by atoms with van der Waals surface area (Å²) < 4.78 is 0. The van der Waals surface area contributed by atoms with Gasteiger partial charge in [-0.05, 0) is 18.1 Å². The molecule has 0 saturated carbocycles. The Hall–Kier alpha value is -2.19. The minimum absolute atomic E-state index is 0.226. The van der Waals surface area contributed by atoms with Gasteiger partial charge in [0.1, 0.15) is 0 Å². The lowest BCUT2D eigenvalue weighted by molar-refractivity contribution is 0.899. The molecule has 3 N–H and O–H groups in total. The smallest absolute Gasteiger partial charge is 0.272 e. The highest BCUT2D eigenvalue weighted by atomic mass is 16.1. The molecule has 17 heavy (non-hydrogen) atoms. The van der Waals surface area contributed by atoms with E-state index in [4.69, 9.17) is 11.0 Å². The molecule has 0 fully saturated rings. The molecule has 0 aliphatic rings. The second-order valence-electron chi connectivity index (χ2n) is 3.74. The summed E-state index contributed by atoms with van der Waals surface area (Å²) >= 11 is 0. The van der Waals surface area contributed by atoms with E-state index in [1.54, 1.807) is 6.07 Å². The lowest BCUT2D eigenvalue weighted by Crippen LogP contribution is -2.13. The SMILES string of the molecule is N#CCCc1ccc2c(CN)n[nH]c(=O)c2c1. The monoisotopic (exact) mass is 228 g/mol. The highest BCUT2D eigenvalue weighted by Crippen LogP contribution is 2.15. The summed E-state index contributed by atoms with van der Waals surface area (Å²) in [7, 11) is 0. The number of benzene rings is 1. The van der Waals surface area contributed by atoms with Gasteiger partial charge in [-0.3, -0.25) is 4.79 Å². The first kappa shape index (κ1) is 11.3. The first-order chi connectivity index (χ1) is 8.26. The van der Waals surface area contributed by atoms with Crippen LogP contribution >= 0.6 is 0 Å². The fraction of sp³-hybridized carbons (Fsp3) is 0.250. The van der Waals surface area contributed by atoms with Crippen LogP contribution in [0.4, 0.5) is 0 Å². The summed E-state index contributed by atoms with van der Waals surface area (Å²) in [6.07, 6.45) is 1.09. The molecule has 0 unspecified atom stereocenters. The first-order valence-corrected chi connectivity index (χ1v) is 5.33. The second kappa shape index (κ2) is 4.76. The normalized spacial score (nSPS) is 10.4. The van der Waals surface area contributed by atoms with Crippen LogP contribution in [0.5, 0.6) is 0 Å². The van der Waals surface area contributed by atoms with Crippen LogP contribution in [-0.2, 0) is 13.0 Å². The minimum atomic E-state index is -0.226. The number of aryl methyl sites for hydroxylation is 1. The Balaban J connectivity index is 2.58. The zero-order valence-corrected chi connectivity index (χ0v) is 9.23. The zero-order valence-electron chi connectivity index (χ0n) is 9.23. The average molecular weight is 228 g/mol. The molecule has 0 amide bonds. The van der Waals surface area contributed by atoms with Gasteiger partial charge in [0.2, 0.25) is 0 Å². The van der Waals surface area contributed by atoms with Crippen LogP contribution in [0, 0.1) is 11.3 Å². The van der Waals surface area contributed by atoms with Crippen LogP contribution in [0.15, 0.2) is 23.0 Å². The number of fused-ring (bicyclic) bond motifs is 1. The molecule has 5 nitrogen and oxygen atoms in total. The fourth-order valence-corrected chi connectivity index (χ4v) is 1.78. The molecule has 0 bridgehead atoms. The third-order valence-corrected chi connectivity index (χ3v) is 2.65. The topological polar surface area (TPSA) is 95.6 Å². The molecular formula is C12H12N4O. The van der Waals surface area contributed by atoms with Crippen molar-refractivity contribution in [3.8, 4) is 6.07 Å². The molecule has 1 heterocycles. The summed E-state index contributed by atoms with van der Waals surface area (Å²) in [5.74, 6) is 0. The van der Waals surface area contributed by atoms with Gasteiger partial charge in [0.05, 0.1) is 17.1 Å². The molecule has 0 radical (unpaired) electrons. The van der Waals surface area contributed by atoms with Gasteiger partial charge in [-0.2, -0.15) is 10.4 Å². The van der Waals surface area contributed by atoms with Crippen molar-refractivity contribution in [2.75, 3.05) is 0 Å². The van der Waals surface area contributed by atoms with Crippen molar-refractivity contribution in [1.29, 1.82) is 5.26 Å². The predicted molar refractivity (Wildman–Crippen MR) is 64.2 cm³/mol. The van der Waals surface area contributed by atoms with Crippen molar-refractivity contribution >= 4 is 10.8 Å². The highest BCUT2D eigenvalue weighted by molar-refractivity contribution is 5.84. The average Bonchev–Trinajstić information content (AvgIpc) is 2.37. The molecule has 86 valence electrons. The maximum Gasteiger partial charge on any atom is 0.272 e. The van der Waals surface area contributed by atoms with E-state index >= 15 is 0 Å². The van der Waals surface area contributed by atoms with Crippen LogP contribution in [-0.4, -0.2) is 10.2 Å². The summed E-state index contributed by atoms with van der Waals surface area (Å²) in [4.78, 5) is 11.6. The summed E-state index contributed by atoms with van der Waals surface area (Å²) in [6, 6.07) is 7.62. The molecule has 0 atom stereocenters. The quantitative estimate of drug-likeness (QED) is 0.813. The fourth-order valence-electron chi connectivity index (χ4n) is 1.78. The Morgan fingerprint density at radius 3 is 2.94 bits per heavy atom. The molecule has 0 spiro atoms. The van der Waals surface area contributed by atoms with Gasteiger partial charge >= 0.3 is 0 Å². The number of nitrogens with one attached hydrogen (secondary N) is 1. The van der Waals surface area contributed by atoms with Crippen LogP contribution in [0.3, 0.4) is 0 Å². The van der Waals surface area contributed by atoms with Gasteiger partial charge in [0, 0.05) is 18.4 Å². The van der Waals surface area contributed by atoms with Crippen LogP contribution in [0.25, 0.3) is 10.8 Å². The summed E-state index contributed by atoms with van der Waals surface area (Å²) in [5, 5.41) is 16.2. The van der Waals surface area contributed by atoms with E-state index in [1.807, 2.05) is 12.1 Å². The zero-order chi connectivity index (χ0) is 12.3. The molecule has 2 rings (SSSR count). The van der Waals surface area contributed by atoms with E-state index in [9.17, 15) is 4.79 Å². The first-order valence-electron chi connectivity index (χ1n) is 5.33. The molecular weight excluding hydrogens is 216 g/mol. The third-order valence-electron chi connectivity index (χ3n) is 2.65. The van der Waals surface area contributed by atoms with E-state index in [1.165, 1.54) is 0 Å². The van der Waals surface area contributed by atoms with Crippen molar-refractivity contribution in [2.45, 2.75) is 19.4 Å². The largest absolute Gasteiger partial charge is 0.325 e. The molecule has 0 aliphatic carbocycles. The number of nitriles is 1. The maximum atomic E-state index is 11.6. The molecule has 0 aliphatic heterocycles. The van der Waals surface area contributed by atoms with E-state index in [-0.39, 0.29) is 12.1 Å². The van der Waals surface area contributed by atoms with Crippen molar-refractivity contribution in [3.63, 3.8) is 0 Å². The Kier molecular flexibility index (Phi) is 3.17. The van der Waals surface area contributed by atoms with Gasteiger partial charge < -0.3 is 5.73 Å². The number of hydrogen-bond donors (Lipinski definition) is 2. The molecule has 1 aromatic heterocycles. The maximum absolute atomic E-state index is 11.6. The minimum Gasteiger partial charge on any atom is -0.325 e. The number of hydrogen-bond acceptors (Lipinski definition) is 4.